The molecule has 1 atom stereocenters. The summed E-state index contributed by atoms with van der Waals surface area (Å²) in [6.07, 6.45) is 14.1. The summed E-state index contributed by atoms with van der Waals surface area (Å²) >= 11 is 0. The van der Waals surface area contributed by atoms with Crippen molar-refractivity contribution >= 4 is 5.97 Å². The van der Waals surface area contributed by atoms with Crippen LogP contribution in [0.2, 0.25) is 0 Å². The molecule has 0 amide bonds. The standard InChI is InChI=1S/C25H42O2/c1-19(2)11-9-13-22(7)15-16-24(27-25(26)17-21(5)6)18-23(8)14-10-12-20(3)4/h11-12,15,18,21,24H,9-10,13-14,16-17H2,1-8H3. The summed E-state index contributed by atoms with van der Waals surface area (Å²) in [5.74, 6) is 0.223. The minimum Gasteiger partial charge on any atom is -0.458 e. The fourth-order valence-electron chi connectivity index (χ4n) is 2.70. The average molecular weight is 375 g/mol. The molecule has 0 aromatic carbocycles. The molecule has 0 aliphatic rings. The van der Waals surface area contributed by atoms with E-state index in [1.54, 1.807) is 0 Å². The van der Waals surface area contributed by atoms with Crippen LogP contribution in [-0.2, 0) is 9.53 Å². The molecule has 0 aromatic rings. The van der Waals surface area contributed by atoms with Gasteiger partial charge < -0.3 is 4.74 Å². The SMILES string of the molecule is CC(C)=CCCC(C)=CCC(C=C(C)CCC=C(C)C)OC(=O)CC(C)C. The molecule has 27 heavy (non-hydrogen) atoms. The zero-order chi connectivity index (χ0) is 20.8. The summed E-state index contributed by atoms with van der Waals surface area (Å²) in [4.78, 5) is 12.2. The minimum absolute atomic E-state index is 0.0982. The van der Waals surface area contributed by atoms with Crippen molar-refractivity contribution in [3.05, 3.63) is 46.6 Å². The number of ether oxygens (including phenoxy) is 1. The van der Waals surface area contributed by atoms with Crippen LogP contribution in [0.1, 0.15) is 93.9 Å². The summed E-state index contributed by atoms with van der Waals surface area (Å²) in [5.41, 5.74) is 5.34. The normalized spacial score (nSPS) is 13.4. The van der Waals surface area contributed by atoms with Crippen LogP contribution in [0.4, 0.5) is 0 Å². The number of carbonyl (C=O) groups excluding carboxylic acids is 1. The number of esters is 1. The van der Waals surface area contributed by atoms with E-state index in [-0.39, 0.29) is 12.1 Å². The van der Waals surface area contributed by atoms with Gasteiger partial charge in [-0.15, -0.1) is 0 Å². The van der Waals surface area contributed by atoms with Crippen molar-refractivity contribution < 1.29 is 9.53 Å². The Hall–Kier alpha value is -1.57. The molecule has 0 saturated heterocycles. The molecular weight excluding hydrogens is 332 g/mol. The first-order chi connectivity index (χ1) is 12.6. The summed E-state index contributed by atoms with van der Waals surface area (Å²) in [7, 11) is 0. The first-order valence-electron chi connectivity index (χ1n) is 10.4. The Kier molecular flexibility index (Phi) is 13.6. The molecule has 0 aromatic heterocycles. The van der Waals surface area contributed by atoms with Crippen molar-refractivity contribution in [3.63, 3.8) is 0 Å². The topological polar surface area (TPSA) is 26.3 Å². The highest BCUT2D eigenvalue weighted by molar-refractivity contribution is 5.70. The van der Waals surface area contributed by atoms with Crippen LogP contribution in [0.15, 0.2) is 46.6 Å². The fraction of sp³-hybridized carbons (Fsp3) is 0.640. The van der Waals surface area contributed by atoms with Crippen LogP contribution in [0, 0.1) is 5.92 Å². The number of carbonyl (C=O) groups is 1. The predicted molar refractivity (Wildman–Crippen MR) is 119 cm³/mol. The third-order valence-electron chi connectivity index (χ3n) is 4.21. The van der Waals surface area contributed by atoms with E-state index in [0.29, 0.717) is 12.3 Å². The van der Waals surface area contributed by atoms with Gasteiger partial charge in [0.05, 0.1) is 0 Å². The summed E-state index contributed by atoms with van der Waals surface area (Å²) in [5, 5.41) is 0. The highest BCUT2D eigenvalue weighted by Gasteiger charge is 2.13. The maximum atomic E-state index is 12.2. The molecule has 0 radical (unpaired) electrons. The second-order valence-electron chi connectivity index (χ2n) is 8.57. The van der Waals surface area contributed by atoms with Crippen molar-refractivity contribution in [2.24, 2.45) is 5.92 Å². The molecule has 2 heteroatoms. The third-order valence-corrected chi connectivity index (χ3v) is 4.21. The van der Waals surface area contributed by atoms with Crippen molar-refractivity contribution in [2.75, 3.05) is 0 Å². The molecule has 0 saturated carbocycles. The van der Waals surface area contributed by atoms with E-state index in [9.17, 15) is 4.79 Å². The van der Waals surface area contributed by atoms with Crippen molar-refractivity contribution in [1.29, 1.82) is 0 Å². The molecule has 0 N–H and O–H groups in total. The zero-order valence-electron chi connectivity index (χ0n) is 19.0. The molecule has 0 aliphatic carbocycles. The second-order valence-corrected chi connectivity index (χ2v) is 8.57. The smallest absolute Gasteiger partial charge is 0.306 e. The molecule has 0 heterocycles. The monoisotopic (exact) mass is 374 g/mol. The van der Waals surface area contributed by atoms with E-state index in [2.05, 4.69) is 65.8 Å². The van der Waals surface area contributed by atoms with Gasteiger partial charge in [-0.25, -0.2) is 0 Å². The predicted octanol–water partition coefficient (Wildman–Crippen LogP) is 7.72. The van der Waals surface area contributed by atoms with E-state index in [0.717, 1.165) is 32.1 Å². The third kappa shape index (κ3) is 16.3. The number of allylic oxidation sites excluding steroid dienone is 6. The molecule has 0 rings (SSSR count). The molecule has 1 unspecified atom stereocenters. The van der Waals surface area contributed by atoms with Crippen LogP contribution >= 0.6 is 0 Å². The van der Waals surface area contributed by atoms with Gasteiger partial charge in [-0.2, -0.15) is 0 Å². The first-order valence-corrected chi connectivity index (χ1v) is 10.4. The summed E-state index contributed by atoms with van der Waals surface area (Å²) in [6, 6.07) is 0. The molecule has 0 aliphatic heterocycles. The lowest BCUT2D eigenvalue weighted by Crippen LogP contribution is -2.17. The van der Waals surface area contributed by atoms with Crippen LogP contribution in [-0.4, -0.2) is 12.1 Å². The number of hydrogen-bond donors (Lipinski definition) is 0. The first kappa shape index (κ1) is 25.4. The number of hydrogen-bond acceptors (Lipinski definition) is 2. The molecular formula is C25H42O2. The van der Waals surface area contributed by atoms with Crippen LogP contribution in [0.5, 0.6) is 0 Å². The Balaban J connectivity index is 4.93. The molecule has 0 spiro atoms. The van der Waals surface area contributed by atoms with Crippen LogP contribution < -0.4 is 0 Å². The van der Waals surface area contributed by atoms with Gasteiger partial charge in [-0.05, 0) is 79.2 Å². The van der Waals surface area contributed by atoms with Crippen molar-refractivity contribution in [2.45, 2.75) is 100 Å². The molecule has 154 valence electrons. The summed E-state index contributed by atoms with van der Waals surface area (Å²) < 4.78 is 5.77. The Morgan fingerprint density at radius 1 is 0.815 bits per heavy atom. The molecule has 2 nitrogen and oxygen atoms in total. The maximum absolute atomic E-state index is 12.2. The largest absolute Gasteiger partial charge is 0.458 e. The number of rotatable bonds is 12. The quantitative estimate of drug-likeness (QED) is 0.258. The van der Waals surface area contributed by atoms with E-state index in [1.807, 2.05) is 13.8 Å². The second kappa shape index (κ2) is 14.5. The van der Waals surface area contributed by atoms with Gasteiger partial charge in [-0.1, -0.05) is 54.4 Å². The van der Waals surface area contributed by atoms with Gasteiger partial charge >= 0.3 is 5.97 Å². The van der Waals surface area contributed by atoms with Gasteiger partial charge in [-0.3, -0.25) is 4.79 Å². The lowest BCUT2D eigenvalue weighted by molar-refractivity contribution is -0.147. The van der Waals surface area contributed by atoms with Crippen molar-refractivity contribution in [1.82, 2.24) is 0 Å². The fourth-order valence-corrected chi connectivity index (χ4v) is 2.70. The Bertz CT molecular complexity index is 551. The Labute approximate surface area is 168 Å². The van der Waals surface area contributed by atoms with E-state index in [1.165, 1.54) is 22.3 Å². The van der Waals surface area contributed by atoms with E-state index in [4.69, 9.17) is 4.74 Å². The van der Waals surface area contributed by atoms with Gasteiger partial charge in [0.25, 0.3) is 0 Å². The van der Waals surface area contributed by atoms with Crippen LogP contribution in [0.3, 0.4) is 0 Å². The molecule has 0 bridgehead atoms. The van der Waals surface area contributed by atoms with Crippen molar-refractivity contribution in [3.8, 4) is 0 Å². The Morgan fingerprint density at radius 2 is 1.33 bits per heavy atom. The van der Waals surface area contributed by atoms with Gasteiger partial charge in [0.15, 0.2) is 0 Å². The van der Waals surface area contributed by atoms with Gasteiger partial charge in [0.1, 0.15) is 6.10 Å². The lowest BCUT2D eigenvalue weighted by Gasteiger charge is -2.16. The minimum atomic E-state index is -0.165. The van der Waals surface area contributed by atoms with E-state index >= 15 is 0 Å². The zero-order valence-corrected chi connectivity index (χ0v) is 19.0. The van der Waals surface area contributed by atoms with E-state index < -0.39 is 0 Å². The Morgan fingerprint density at radius 3 is 1.81 bits per heavy atom. The van der Waals surface area contributed by atoms with Gasteiger partial charge in [0, 0.05) is 12.8 Å². The summed E-state index contributed by atoms with van der Waals surface area (Å²) in [6.45, 7) is 16.9. The van der Waals surface area contributed by atoms with Crippen LogP contribution in [0.25, 0.3) is 0 Å². The average Bonchev–Trinajstić information content (AvgIpc) is 2.51. The maximum Gasteiger partial charge on any atom is 0.306 e. The molecule has 0 fully saturated rings. The highest BCUT2D eigenvalue weighted by Crippen LogP contribution is 2.16. The van der Waals surface area contributed by atoms with Gasteiger partial charge in [0.2, 0.25) is 0 Å². The highest BCUT2D eigenvalue weighted by atomic mass is 16.5. The lowest BCUT2D eigenvalue weighted by atomic mass is 10.0.